The summed E-state index contributed by atoms with van der Waals surface area (Å²) in [5, 5.41) is 9.14. The van der Waals surface area contributed by atoms with E-state index in [-0.39, 0.29) is 5.69 Å². The Morgan fingerprint density at radius 2 is 1.93 bits per heavy atom. The summed E-state index contributed by atoms with van der Waals surface area (Å²) in [5.41, 5.74) is -1.42. The van der Waals surface area contributed by atoms with Gasteiger partial charge in [0.25, 0.3) is 5.91 Å². The zero-order chi connectivity index (χ0) is 19.8. The molecule has 1 N–H and O–H groups in total. The zero-order valence-corrected chi connectivity index (χ0v) is 15.3. The maximum absolute atomic E-state index is 13.6. The third-order valence-electron chi connectivity index (χ3n) is 3.62. The van der Waals surface area contributed by atoms with E-state index >= 15 is 0 Å². The van der Waals surface area contributed by atoms with Gasteiger partial charge < -0.3 is 5.32 Å². The van der Waals surface area contributed by atoms with E-state index in [2.05, 4.69) is 31.6 Å². The van der Waals surface area contributed by atoms with Gasteiger partial charge in [0.05, 0.1) is 5.69 Å². The molecule has 0 aliphatic rings. The molecular weight excluding hydrogens is 432 g/mol. The highest BCUT2D eigenvalue weighted by atomic mass is 79.9. The second kappa shape index (κ2) is 7.10. The van der Waals surface area contributed by atoms with Crippen LogP contribution in [0.15, 0.2) is 46.9 Å². The fraction of sp³-hybridized carbons (Fsp3) is 0.118. The minimum absolute atomic E-state index is 0.201. The Labute approximate surface area is 159 Å². The van der Waals surface area contributed by atoms with Crippen LogP contribution in [0.1, 0.15) is 21.7 Å². The van der Waals surface area contributed by atoms with Crippen LogP contribution in [0.2, 0.25) is 0 Å². The van der Waals surface area contributed by atoms with Crippen molar-refractivity contribution in [3.05, 3.63) is 69.7 Å². The quantitative estimate of drug-likeness (QED) is 0.595. The van der Waals surface area contributed by atoms with Gasteiger partial charge in [-0.15, -0.1) is 5.10 Å². The summed E-state index contributed by atoms with van der Waals surface area (Å²) in [6.07, 6.45) is -4.93. The molecule has 5 nitrogen and oxygen atoms in total. The molecule has 27 heavy (non-hydrogen) atoms. The Morgan fingerprint density at radius 1 is 1.19 bits per heavy atom. The first-order valence-electron chi connectivity index (χ1n) is 7.53. The summed E-state index contributed by atoms with van der Waals surface area (Å²) in [6.45, 7) is 1.76. The number of aryl methyl sites for hydroxylation is 1. The number of rotatable bonds is 3. The van der Waals surface area contributed by atoms with Crippen LogP contribution in [0.4, 0.5) is 23.2 Å². The normalized spacial score (nSPS) is 11.5. The number of nitrogens with zero attached hydrogens (tertiary/aromatic N) is 3. The molecule has 0 fully saturated rings. The van der Waals surface area contributed by atoms with Crippen molar-refractivity contribution in [1.29, 1.82) is 0 Å². The lowest BCUT2D eigenvalue weighted by Gasteiger charge is -2.11. The van der Waals surface area contributed by atoms with Crippen LogP contribution in [0, 0.1) is 12.7 Å². The van der Waals surface area contributed by atoms with E-state index < -0.39 is 29.3 Å². The van der Waals surface area contributed by atoms with E-state index in [4.69, 9.17) is 0 Å². The van der Waals surface area contributed by atoms with Crippen LogP contribution in [0.5, 0.6) is 0 Å². The molecule has 0 spiro atoms. The smallest absolute Gasteiger partial charge is 0.321 e. The molecule has 0 atom stereocenters. The molecule has 0 bridgehead atoms. The maximum atomic E-state index is 13.6. The lowest BCUT2D eigenvalue weighted by atomic mass is 10.2. The number of hydrogen-bond acceptors (Lipinski definition) is 3. The zero-order valence-electron chi connectivity index (χ0n) is 13.7. The number of halogens is 5. The standard InChI is InChI=1S/C17H11BrF4N4O/c1-9-7-11(5-6-13(9)18)23-16(27)14-15(17(20,21)22)26(25-24-14)12-4-2-3-10(19)8-12/h2-8H,1H3,(H,23,27). The van der Waals surface area contributed by atoms with Crippen molar-refractivity contribution >= 4 is 27.5 Å². The number of benzene rings is 2. The Hall–Kier alpha value is -2.75. The molecule has 1 aromatic heterocycles. The second-order valence-electron chi connectivity index (χ2n) is 5.59. The molecule has 0 radical (unpaired) electrons. The van der Waals surface area contributed by atoms with Crippen LogP contribution in [-0.4, -0.2) is 20.9 Å². The maximum Gasteiger partial charge on any atom is 0.435 e. The van der Waals surface area contributed by atoms with Gasteiger partial charge in [0.15, 0.2) is 11.4 Å². The van der Waals surface area contributed by atoms with Crippen LogP contribution >= 0.6 is 15.9 Å². The van der Waals surface area contributed by atoms with Gasteiger partial charge in [-0.2, -0.15) is 13.2 Å². The van der Waals surface area contributed by atoms with E-state index in [1.165, 1.54) is 18.2 Å². The average Bonchev–Trinajstić information content (AvgIpc) is 3.04. The number of alkyl halides is 3. The fourth-order valence-corrected chi connectivity index (χ4v) is 2.64. The molecule has 0 aliphatic carbocycles. The van der Waals surface area contributed by atoms with Crippen LogP contribution in [0.25, 0.3) is 5.69 Å². The van der Waals surface area contributed by atoms with Gasteiger partial charge in [0.1, 0.15) is 5.82 Å². The van der Waals surface area contributed by atoms with E-state index in [9.17, 15) is 22.4 Å². The first-order chi connectivity index (χ1) is 12.7. The summed E-state index contributed by atoms with van der Waals surface area (Å²) >= 11 is 3.30. The molecule has 1 heterocycles. The molecule has 140 valence electrons. The van der Waals surface area contributed by atoms with Gasteiger partial charge in [-0.3, -0.25) is 4.79 Å². The number of amides is 1. The SMILES string of the molecule is Cc1cc(NC(=O)c2nnn(-c3cccc(F)c3)c2C(F)(F)F)ccc1Br. The minimum Gasteiger partial charge on any atom is -0.321 e. The first kappa shape index (κ1) is 19.0. The molecule has 0 saturated carbocycles. The van der Waals surface area contributed by atoms with Gasteiger partial charge in [-0.25, -0.2) is 9.07 Å². The number of carbonyl (C=O) groups is 1. The highest BCUT2D eigenvalue weighted by Gasteiger charge is 2.42. The lowest BCUT2D eigenvalue weighted by Crippen LogP contribution is -2.21. The van der Waals surface area contributed by atoms with E-state index in [1.54, 1.807) is 19.1 Å². The number of nitrogens with one attached hydrogen (secondary N) is 1. The largest absolute Gasteiger partial charge is 0.435 e. The topological polar surface area (TPSA) is 59.8 Å². The van der Waals surface area contributed by atoms with Crippen molar-refractivity contribution in [2.45, 2.75) is 13.1 Å². The Kier molecular flexibility index (Phi) is 5.01. The fourth-order valence-electron chi connectivity index (χ4n) is 2.39. The average molecular weight is 443 g/mol. The predicted molar refractivity (Wildman–Crippen MR) is 93.2 cm³/mol. The van der Waals surface area contributed by atoms with Gasteiger partial charge in [0.2, 0.25) is 0 Å². The summed E-state index contributed by atoms with van der Waals surface area (Å²) in [4.78, 5) is 12.4. The van der Waals surface area contributed by atoms with E-state index in [0.29, 0.717) is 10.4 Å². The molecule has 3 aromatic rings. The van der Waals surface area contributed by atoms with Gasteiger partial charge in [-0.1, -0.05) is 27.2 Å². The van der Waals surface area contributed by atoms with E-state index in [1.807, 2.05) is 0 Å². The third-order valence-corrected chi connectivity index (χ3v) is 4.51. The molecule has 0 saturated heterocycles. The Bertz CT molecular complexity index is 1020. The molecule has 0 aliphatic heterocycles. The molecule has 3 rings (SSSR count). The lowest BCUT2D eigenvalue weighted by molar-refractivity contribution is -0.143. The van der Waals surface area contributed by atoms with Crippen LogP contribution < -0.4 is 5.32 Å². The predicted octanol–water partition coefficient (Wildman–Crippen LogP) is 4.75. The van der Waals surface area contributed by atoms with Crippen molar-refractivity contribution in [3.63, 3.8) is 0 Å². The van der Waals surface area contributed by atoms with Crippen LogP contribution in [-0.2, 0) is 6.18 Å². The number of aromatic nitrogens is 3. The number of carbonyl (C=O) groups excluding carboxylic acids is 1. The number of hydrogen-bond donors (Lipinski definition) is 1. The van der Waals surface area contributed by atoms with Gasteiger partial charge in [0, 0.05) is 10.2 Å². The molecule has 2 aromatic carbocycles. The summed E-state index contributed by atoms with van der Waals surface area (Å²) in [6, 6.07) is 9.18. The summed E-state index contributed by atoms with van der Waals surface area (Å²) in [7, 11) is 0. The van der Waals surface area contributed by atoms with Crippen molar-refractivity contribution in [2.75, 3.05) is 5.32 Å². The highest BCUT2D eigenvalue weighted by Crippen LogP contribution is 2.33. The Balaban J connectivity index is 2.02. The molecule has 10 heteroatoms. The number of anilines is 1. The molecule has 0 unspecified atom stereocenters. The highest BCUT2D eigenvalue weighted by molar-refractivity contribution is 9.10. The van der Waals surface area contributed by atoms with Gasteiger partial charge >= 0.3 is 6.18 Å². The second-order valence-corrected chi connectivity index (χ2v) is 6.45. The van der Waals surface area contributed by atoms with E-state index in [0.717, 1.165) is 22.2 Å². The summed E-state index contributed by atoms with van der Waals surface area (Å²) in [5.74, 6) is -1.82. The minimum atomic E-state index is -4.93. The van der Waals surface area contributed by atoms with Crippen molar-refractivity contribution < 1.29 is 22.4 Å². The Morgan fingerprint density at radius 3 is 2.56 bits per heavy atom. The van der Waals surface area contributed by atoms with Crippen molar-refractivity contribution in [3.8, 4) is 5.69 Å². The van der Waals surface area contributed by atoms with Crippen molar-refractivity contribution in [2.24, 2.45) is 0 Å². The third kappa shape index (κ3) is 4.00. The van der Waals surface area contributed by atoms with Gasteiger partial charge in [-0.05, 0) is 48.9 Å². The van der Waals surface area contributed by atoms with Crippen molar-refractivity contribution in [1.82, 2.24) is 15.0 Å². The first-order valence-corrected chi connectivity index (χ1v) is 8.32. The monoisotopic (exact) mass is 442 g/mol. The molecular formula is C17H11BrF4N4O. The summed E-state index contributed by atoms with van der Waals surface area (Å²) < 4.78 is 55.2. The van der Waals surface area contributed by atoms with Crippen LogP contribution in [0.3, 0.4) is 0 Å². The molecule has 1 amide bonds.